The maximum atomic E-state index is 11.5. The zero-order valence-electron chi connectivity index (χ0n) is 8.98. The quantitative estimate of drug-likeness (QED) is 0.791. The van der Waals surface area contributed by atoms with Gasteiger partial charge in [0.1, 0.15) is 0 Å². The number of nitrogens with one attached hydrogen (secondary N) is 1. The van der Waals surface area contributed by atoms with Crippen LogP contribution in [0.2, 0.25) is 0 Å². The van der Waals surface area contributed by atoms with Gasteiger partial charge in [-0.3, -0.25) is 9.59 Å². The molecule has 1 amide bonds. The molecule has 0 unspecified atom stereocenters. The molecule has 2 N–H and O–H groups in total. The maximum Gasteiger partial charge on any atom is 0.304 e. The predicted molar refractivity (Wildman–Crippen MR) is 72.3 cm³/mol. The summed E-state index contributed by atoms with van der Waals surface area (Å²) in [6, 6.07) is 7.33. The van der Waals surface area contributed by atoms with E-state index < -0.39 is 5.97 Å². The highest BCUT2D eigenvalue weighted by Crippen LogP contribution is 2.21. The molecular formula is C11H12BrNO3S. The Bertz CT molecular complexity index is 411. The monoisotopic (exact) mass is 317 g/mol. The number of thioether (sulfide) groups is 1. The summed E-state index contributed by atoms with van der Waals surface area (Å²) in [6.45, 7) is 0. The van der Waals surface area contributed by atoms with E-state index in [1.807, 2.05) is 18.2 Å². The summed E-state index contributed by atoms with van der Waals surface area (Å²) < 4.78 is 0.823. The standard InChI is InChI=1S/C11H12BrNO3S/c12-8-3-1-2-4-9(8)13-10(14)7-17-6-5-11(15)16/h1-4H,5-7H2,(H,13,14)(H,15,16). The van der Waals surface area contributed by atoms with E-state index >= 15 is 0 Å². The van der Waals surface area contributed by atoms with Gasteiger partial charge in [0.25, 0.3) is 0 Å². The molecule has 6 heteroatoms. The molecule has 0 fully saturated rings. The first-order valence-electron chi connectivity index (χ1n) is 4.93. The Balaban J connectivity index is 2.30. The van der Waals surface area contributed by atoms with Crippen molar-refractivity contribution in [3.05, 3.63) is 28.7 Å². The number of halogens is 1. The van der Waals surface area contributed by atoms with E-state index in [9.17, 15) is 9.59 Å². The lowest BCUT2D eigenvalue weighted by molar-refractivity contribution is -0.136. The van der Waals surface area contributed by atoms with E-state index in [0.717, 1.165) is 10.2 Å². The normalized spacial score (nSPS) is 9.94. The van der Waals surface area contributed by atoms with E-state index in [-0.39, 0.29) is 18.1 Å². The number of hydrogen-bond donors (Lipinski definition) is 2. The topological polar surface area (TPSA) is 66.4 Å². The summed E-state index contributed by atoms with van der Waals surface area (Å²) in [4.78, 5) is 21.8. The average Bonchev–Trinajstić information content (AvgIpc) is 2.27. The van der Waals surface area contributed by atoms with Crippen LogP contribution in [0.15, 0.2) is 28.7 Å². The maximum absolute atomic E-state index is 11.5. The van der Waals surface area contributed by atoms with Crippen LogP contribution in [-0.2, 0) is 9.59 Å². The number of carboxylic acid groups (broad SMARTS) is 1. The number of amides is 1. The van der Waals surface area contributed by atoms with Crippen LogP contribution in [0.1, 0.15) is 6.42 Å². The van der Waals surface area contributed by atoms with Crippen molar-refractivity contribution in [2.75, 3.05) is 16.8 Å². The summed E-state index contributed by atoms with van der Waals surface area (Å²) in [5, 5.41) is 11.2. The third kappa shape index (κ3) is 5.74. The van der Waals surface area contributed by atoms with E-state index in [1.165, 1.54) is 11.8 Å². The van der Waals surface area contributed by atoms with Crippen LogP contribution in [0.25, 0.3) is 0 Å². The molecule has 0 aliphatic heterocycles. The molecule has 0 aliphatic carbocycles. The minimum atomic E-state index is -0.844. The van der Waals surface area contributed by atoms with Crippen molar-refractivity contribution in [1.29, 1.82) is 0 Å². The van der Waals surface area contributed by atoms with Gasteiger partial charge < -0.3 is 10.4 Å². The van der Waals surface area contributed by atoms with Crippen LogP contribution >= 0.6 is 27.7 Å². The van der Waals surface area contributed by atoms with Crippen molar-refractivity contribution in [3.8, 4) is 0 Å². The second kappa shape index (κ2) is 7.34. The first-order chi connectivity index (χ1) is 8.09. The molecule has 0 bridgehead atoms. The van der Waals surface area contributed by atoms with Crippen LogP contribution < -0.4 is 5.32 Å². The summed E-state index contributed by atoms with van der Waals surface area (Å²) in [5.74, 6) is -0.274. The number of rotatable bonds is 6. The molecule has 0 saturated carbocycles. The first kappa shape index (κ1) is 14.1. The minimum absolute atomic E-state index is 0.0764. The van der Waals surface area contributed by atoms with Gasteiger partial charge in [-0.05, 0) is 28.1 Å². The van der Waals surface area contributed by atoms with Crippen LogP contribution in [0.4, 0.5) is 5.69 Å². The van der Waals surface area contributed by atoms with Gasteiger partial charge in [0, 0.05) is 10.2 Å². The van der Waals surface area contributed by atoms with Crippen molar-refractivity contribution in [2.45, 2.75) is 6.42 Å². The zero-order chi connectivity index (χ0) is 12.7. The fourth-order valence-corrected chi connectivity index (χ4v) is 2.18. The molecule has 1 aromatic carbocycles. The van der Waals surface area contributed by atoms with Gasteiger partial charge in [-0.2, -0.15) is 11.8 Å². The molecule has 0 spiro atoms. The van der Waals surface area contributed by atoms with E-state index in [2.05, 4.69) is 21.2 Å². The highest BCUT2D eigenvalue weighted by atomic mass is 79.9. The van der Waals surface area contributed by atoms with E-state index in [4.69, 9.17) is 5.11 Å². The Morgan fingerprint density at radius 3 is 2.71 bits per heavy atom. The van der Waals surface area contributed by atoms with Gasteiger partial charge in [0.2, 0.25) is 5.91 Å². The second-order valence-electron chi connectivity index (χ2n) is 3.22. The molecule has 0 aromatic heterocycles. The molecular weight excluding hydrogens is 306 g/mol. The highest BCUT2D eigenvalue weighted by Gasteiger charge is 2.05. The SMILES string of the molecule is O=C(O)CCSCC(=O)Nc1ccccc1Br. The number of aliphatic carboxylic acids is 1. The Morgan fingerprint density at radius 1 is 1.35 bits per heavy atom. The van der Waals surface area contributed by atoms with Crippen molar-refractivity contribution in [2.24, 2.45) is 0 Å². The lowest BCUT2D eigenvalue weighted by atomic mass is 10.3. The first-order valence-corrected chi connectivity index (χ1v) is 6.88. The molecule has 4 nitrogen and oxygen atoms in total. The van der Waals surface area contributed by atoms with Gasteiger partial charge in [-0.1, -0.05) is 12.1 Å². The molecule has 92 valence electrons. The lowest BCUT2D eigenvalue weighted by Crippen LogP contribution is -2.15. The van der Waals surface area contributed by atoms with E-state index in [0.29, 0.717) is 5.75 Å². The number of hydrogen-bond acceptors (Lipinski definition) is 3. The van der Waals surface area contributed by atoms with Gasteiger partial charge >= 0.3 is 5.97 Å². The van der Waals surface area contributed by atoms with Crippen molar-refractivity contribution >= 4 is 45.3 Å². The highest BCUT2D eigenvalue weighted by molar-refractivity contribution is 9.10. The summed E-state index contributed by atoms with van der Waals surface area (Å²) in [6.07, 6.45) is 0.0764. The van der Waals surface area contributed by atoms with Crippen molar-refractivity contribution < 1.29 is 14.7 Å². The molecule has 1 rings (SSSR count). The fourth-order valence-electron chi connectivity index (χ4n) is 1.07. The summed E-state index contributed by atoms with van der Waals surface area (Å²) in [5.41, 5.74) is 0.719. The van der Waals surface area contributed by atoms with Crippen molar-refractivity contribution in [3.63, 3.8) is 0 Å². The molecule has 0 atom stereocenters. The molecule has 0 aliphatic rings. The third-order valence-electron chi connectivity index (χ3n) is 1.84. The van der Waals surface area contributed by atoms with Crippen molar-refractivity contribution in [1.82, 2.24) is 0 Å². The van der Waals surface area contributed by atoms with Crippen LogP contribution in [0.5, 0.6) is 0 Å². The largest absolute Gasteiger partial charge is 0.481 e. The number of carbonyl (C=O) groups is 2. The number of benzene rings is 1. The van der Waals surface area contributed by atoms with Gasteiger partial charge in [0.05, 0.1) is 17.9 Å². The van der Waals surface area contributed by atoms with Crippen LogP contribution in [-0.4, -0.2) is 28.5 Å². The fraction of sp³-hybridized carbons (Fsp3) is 0.273. The van der Waals surface area contributed by atoms with Gasteiger partial charge in [-0.15, -0.1) is 0 Å². The Kier molecular flexibility index (Phi) is 6.07. The number of carboxylic acids is 1. The number of anilines is 1. The number of para-hydroxylation sites is 1. The molecule has 0 heterocycles. The van der Waals surface area contributed by atoms with Gasteiger partial charge in [-0.25, -0.2) is 0 Å². The number of carbonyl (C=O) groups excluding carboxylic acids is 1. The summed E-state index contributed by atoms with van der Waals surface area (Å²) in [7, 11) is 0. The smallest absolute Gasteiger partial charge is 0.304 e. The Labute approximate surface area is 112 Å². The van der Waals surface area contributed by atoms with Gasteiger partial charge in [0.15, 0.2) is 0 Å². The molecule has 0 saturated heterocycles. The zero-order valence-corrected chi connectivity index (χ0v) is 11.4. The Hall–Kier alpha value is -1.01. The molecule has 0 radical (unpaired) electrons. The minimum Gasteiger partial charge on any atom is -0.481 e. The van der Waals surface area contributed by atoms with E-state index in [1.54, 1.807) is 6.07 Å². The Morgan fingerprint density at radius 2 is 2.06 bits per heavy atom. The van der Waals surface area contributed by atoms with Crippen LogP contribution in [0, 0.1) is 0 Å². The predicted octanol–water partition coefficient (Wildman–Crippen LogP) is 2.60. The lowest BCUT2D eigenvalue weighted by Gasteiger charge is -2.06. The summed E-state index contributed by atoms with van der Waals surface area (Å²) >= 11 is 4.63. The second-order valence-corrected chi connectivity index (χ2v) is 5.18. The van der Waals surface area contributed by atoms with Crippen LogP contribution in [0.3, 0.4) is 0 Å². The molecule has 1 aromatic rings. The third-order valence-corrected chi connectivity index (χ3v) is 3.49. The molecule has 17 heavy (non-hydrogen) atoms. The average molecular weight is 318 g/mol.